The Hall–Kier alpha value is -3.49. The van der Waals surface area contributed by atoms with Gasteiger partial charge in [0.1, 0.15) is 9.09 Å². The highest BCUT2D eigenvalue weighted by Gasteiger charge is 2.23. The quantitative estimate of drug-likeness (QED) is 0.214. The van der Waals surface area contributed by atoms with Crippen LogP contribution < -0.4 is 5.32 Å². The SMILES string of the molecule is CC(C)c1ccccc1-c1cncc(Sc2sc(C(=O)NCc3ccccc3)cc2[N+](=O)[O-])c1. The second kappa shape index (κ2) is 10.6. The van der Waals surface area contributed by atoms with E-state index in [1.807, 2.05) is 48.5 Å². The number of aromatic nitrogens is 1. The van der Waals surface area contributed by atoms with Crippen LogP contribution in [0.4, 0.5) is 5.69 Å². The van der Waals surface area contributed by atoms with Crippen LogP contribution in [-0.4, -0.2) is 15.8 Å². The van der Waals surface area contributed by atoms with Crippen LogP contribution in [0.2, 0.25) is 0 Å². The van der Waals surface area contributed by atoms with Crippen molar-refractivity contribution in [3.8, 4) is 11.1 Å². The second-order valence-electron chi connectivity index (χ2n) is 7.96. The molecule has 0 bridgehead atoms. The number of hydrogen-bond donors (Lipinski definition) is 1. The molecule has 0 fully saturated rings. The third-order valence-electron chi connectivity index (χ3n) is 5.21. The first-order valence-corrected chi connectivity index (χ1v) is 12.4. The predicted molar refractivity (Wildman–Crippen MR) is 136 cm³/mol. The largest absolute Gasteiger partial charge is 0.347 e. The van der Waals surface area contributed by atoms with Crippen molar-refractivity contribution in [1.29, 1.82) is 0 Å². The fourth-order valence-electron chi connectivity index (χ4n) is 3.53. The number of benzene rings is 2. The molecule has 34 heavy (non-hydrogen) atoms. The van der Waals surface area contributed by atoms with Crippen LogP contribution in [0.15, 0.2) is 88.2 Å². The molecule has 2 aromatic heterocycles. The summed E-state index contributed by atoms with van der Waals surface area (Å²) >= 11 is 2.37. The molecule has 6 nitrogen and oxygen atoms in total. The van der Waals surface area contributed by atoms with Gasteiger partial charge in [0.2, 0.25) is 0 Å². The molecular weight excluding hydrogens is 466 g/mol. The maximum absolute atomic E-state index is 12.7. The van der Waals surface area contributed by atoms with E-state index in [0.29, 0.717) is 21.5 Å². The van der Waals surface area contributed by atoms with Crippen molar-refractivity contribution in [3.05, 3.63) is 105 Å². The minimum atomic E-state index is -0.446. The topological polar surface area (TPSA) is 85.1 Å². The van der Waals surface area contributed by atoms with Gasteiger partial charge >= 0.3 is 0 Å². The van der Waals surface area contributed by atoms with E-state index in [-0.39, 0.29) is 11.6 Å². The fraction of sp³-hybridized carbons (Fsp3) is 0.154. The molecule has 1 amide bonds. The lowest BCUT2D eigenvalue weighted by atomic mass is 9.93. The average molecular weight is 490 g/mol. The number of nitrogens with zero attached hydrogens (tertiary/aromatic N) is 2. The van der Waals surface area contributed by atoms with Gasteiger partial charge < -0.3 is 5.32 Å². The number of rotatable bonds is 8. The van der Waals surface area contributed by atoms with Crippen LogP contribution in [0, 0.1) is 10.1 Å². The Bertz CT molecular complexity index is 1320. The lowest BCUT2D eigenvalue weighted by Gasteiger charge is -2.13. The molecule has 0 atom stereocenters. The molecule has 0 aliphatic rings. The zero-order valence-electron chi connectivity index (χ0n) is 18.7. The summed E-state index contributed by atoms with van der Waals surface area (Å²) in [6.07, 6.45) is 3.49. The monoisotopic (exact) mass is 489 g/mol. The van der Waals surface area contributed by atoms with Crippen molar-refractivity contribution in [2.45, 2.75) is 35.4 Å². The molecule has 2 aromatic carbocycles. The van der Waals surface area contributed by atoms with Gasteiger partial charge in [-0.3, -0.25) is 19.9 Å². The zero-order valence-corrected chi connectivity index (χ0v) is 20.4. The summed E-state index contributed by atoms with van der Waals surface area (Å²) in [6, 6.07) is 21.0. The Balaban J connectivity index is 1.57. The molecule has 0 aliphatic heterocycles. The highest BCUT2D eigenvalue weighted by molar-refractivity contribution is 8.01. The Labute approximate surface area is 206 Å². The van der Waals surface area contributed by atoms with Crippen molar-refractivity contribution < 1.29 is 9.72 Å². The molecule has 1 N–H and O–H groups in total. The van der Waals surface area contributed by atoms with E-state index in [1.54, 1.807) is 12.4 Å². The number of carbonyl (C=O) groups excluding carboxylic acids is 1. The molecule has 172 valence electrons. The first-order valence-electron chi connectivity index (χ1n) is 10.7. The summed E-state index contributed by atoms with van der Waals surface area (Å²) in [5.41, 5.74) is 4.14. The van der Waals surface area contributed by atoms with E-state index in [4.69, 9.17) is 0 Å². The van der Waals surface area contributed by atoms with Crippen molar-refractivity contribution in [2.75, 3.05) is 0 Å². The third-order valence-corrected chi connectivity index (χ3v) is 7.48. The van der Waals surface area contributed by atoms with Gasteiger partial charge in [-0.2, -0.15) is 0 Å². The Morgan fingerprint density at radius 3 is 2.56 bits per heavy atom. The summed E-state index contributed by atoms with van der Waals surface area (Å²) in [5, 5.41) is 14.5. The van der Waals surface area contributed by atoms with Gasteiger partial charge in [0.05, 0.1) is 4.92 Å². The van der Waals surface area contributed by atoms with Gasteiger partial charge in [0.25, 0.3) is 11.6 Å². The Morgan fingerprint density at radius 2 is 1.82 bits per heavy atom. The van der Waals surface area contributed by atoms with Crippen molar-refractivity contribution >= 4 is 34.7 Å². The Kier molecular flexibility index (Phi) is 7.40. The molecule has 2 heterocycles. The van der Waals surface area contributed by atoms with E-state index >= 15 is 0 Å². The molecule has 0 radical (unpaired) electrons. The lowest BCUT2D eigenvalue weighted by molar-refractivity contribution is -0.387. The van der Waals surface area contributed by atoms with E-state index < -0.39 is 4.92 Å². The molecule has 4 rings (SSSR count). The van der Waals surface area contributed by atoms with E-state index in [1.165, 1.54) is 23.4 Å². The minimum Gasteiger partial charge on any atom is -0.347 e. The van der Waals surface area contributed by atoms with Crippen LogP contribution in [0.1, 0.15) is 40.6 Å². The standard InChI is InChI=1S/C26H23N3O3S2/c1-17(2)21-10-6-7-11-22(21)19-12-20(16-27-15-19)33-26-23(29(31)32)13-24(34-26)25(30)28-14-18-8-4-3-5-9-18/h3-13,15-17H,14H2,1-2H3,(H,28,30). The molecule has 0 saturated heterocycles. The molecule has 0 aliphatic carbocycles. The third kappa shape index (κ3) is 5.52. The van der Waals surface area contributed by atoms with Gasteiger partial charge in [-0.1, -0.05) is 80.2 Å². The molecular formula is C26H23N3O3S2. The highest BCUT2D eigenvalue weighted by Crippen LogP contribution is 2.42. The fourth-order valence-corrected chi connectivity index (χ4v) is 5.78. The van der Waals surface area contributed by atoms with Gasteiger partial charge in [-0.05, 0) is 28.7 Å². The van der Waals surface area contributed by atoms with Crippen LogP contribution >= 0.6 is 23.1 Å². The van der Waals surface area contributed by atoms with Gasteiger partial charge in [-0.25, -0.2) is 0 Å². The molecule has 0 saturated carbocycles. The molecule has 0 spiro atoms. The van der Waals surface area contributed by atoms with Crippen LogP contribution in [0.5, 0.6) is 0 Å². The summed E-state index contributed by atoms with van der Waals surface area (Å²) in [6.45, 7) is 4.64. The smallest absolute Gasteiger partial charge is 0.294 e. The number of thiophene rings is 1. The minimum absolute atomic E-state index is 0.0761. The summed E-state index contributed by atoms with van der Waals surface area (Å²) in [4.78, 5) is 29.3. The van der Waals surface area contributed by atoms with Crippen molar-refractivity contribution in [1.82, 2.24) is 10.3 Å². The van der Waals surface area contributed by atoms with Gasteiger partial charge in [0, 0.05) is 35.5 Å². The molecule has 8 heteroatoms. The lowest BCUT2D eigenvalue weighted by Crippen LogP contribution is -2.21. The van der Waals surface area contributed by atoms with E-state index in [0.717, 1.165) is 32.9 Å². The van der Waals surface area contributed by atoms with Crippen LogP contribution in [-0.2, 0) is 6.54 Å². The normalized spacial score (nSPS) is 10.9. The summed E-state index contributed by atoms with van der Waals surface area (Å²) < 4.78 is 0.450. The molecule has 0 unspecified atom stereocenters. The maximum Gasteiger partial charge on any atom is 0.294 e. The van der Waals surface area contributed by atoms with E-state index in [2.05, 4.69) is 36.3 Å². The molecule has 4 aromatic rings. The number of carbonyl (C=O) groups is 1. The van der Waals surface area contributed by atoms with Crippen LogP contribution in [0.3, 0.4) is 0 Å². The maximum atomic E-state index is 12.7. The second-order valence-corrected chi connectivity index (χ2v) is 10.4. The van der Waals surface area contributed by atoms with Crippen molar-refractivity contribution in [3.63, 3.8) is 0 Å². The van der Waals surface area contributed by atoms with E-state index in [9.17, 15) is 14.9 Å². The summed E-state index contributed by atoms with van der Waals surface area (Å²) in [5.74, 6) is 0.0180. The summed E-state index contributed by atoms with van der Waals surface area (Å²) in [7, 11) is 0. The number of hydrogen-bond acceptors (Lipinski definition) is 6. The van der Waals surface area contributed by atoms with Crippen molar-refractivity contribution in [2.24, 2.45) is 0 Å². The number of pyridine rings is 1. The first kappa shape index (κ1) is 23.7. The first-order chi connectivity index (χ1) is 16.4. The van der Waals surface area contributed by atoms with Gasteiger partial charge in [0.15, 0.2) is 0 Å². The predicted octanol–water partition coefficient (Wildman–Crippen LogP) is 6.92. The van der Waals surface area contributed by atoms with Gasteiger partial charge in [-0.15, -0.1) is 11.3 Å². The zero-order chi connectivity index (χ0) is 24.1. The van der Waals surface area contributed by atoms with Crippen LogP contribution in [0.25, 0.3) is 11.1 Å². The number of nitrogens with one attached hydrogen (secondary N) is 1. The highest BCUT2D eigenvalue weighted by atomic mass is 32.2. The Morgan fingerprint density at radius 1 is 1.09 bits per heavy atom. The average Bonchev–Trinajstić information content (AvgIpc) is 3.27. The number of nitro groups is 1. The number of amides is 1.